The first-order chi connectivity index (χ1) is 7.84. The van der Waals surface area contributed by atoms with E-state index >= 15 is 0 Å². The van der Waals surface area contributed by atoms with Gasteiger partial charge >= 0.3 is 18.1 Å². The highest BCUT2D eigenvalue weighted by Crippen LogP contribution is 2.18. The van der Waals surface area contributed by atoms with Crippen molar-refractivity contribution in [2.24, 2.45) is 0 Å². The molecule has 1 rings (SSSR count). The van der Waals surface area contributed by atoms with Gasteiger partial charge in [0.05, 0.1) is 5.56 Å². The topological polar surface area (TPSA) is 43.4 Å². The van der Waals surface area contributed by atoms with Gasteiger partial charge in [-0.25, -0.2) is 9.59 Å². The lowest BCUT2D eigenvalue weighted by atomic mass is 10.1. The number of aryl methyl sites for hydroxylation is 1. The van der Waals surface area contributed by atoms with Crippen molar-refractivity contribution in [1.29, 1.82) is 0 Å². The van der Waals surface area contributed by atoms with Gasteiger partial charge in [0.1, 0.15) is 0 Å². The van der Waals surface area contributed by atoms with Gasteiger partial charge in [-0.05, 0) is 24.1 Å². The smallest absolute Gasteiger partial charge is 0.383 e. The Kier molecular flexibility index (Phi) is 3.88. The van der Waals surface area contributed by atoms with E-state index in [2.05, 4.69) is 4.74 Å². The molecule has 0 heterocycles. The fraction of sp³-hybridized carbons (Fsp3) is 0.273. The number of hydrogen-bond donors (Lipinski definition) is 0. The summed E-state index contributed by atoms with van der Waals surface area (Å²) < 4.78 is 39.2. The molecule has 0 aliphatic heterocycles. The number of rotatable bonds is 2. The highest BCUT2D eigenvalue weighted by atomic mass is 19.4. The van der Waals surface area contributed by atoms with Crippen LogP contribution in [0.1, 0.15) is 22.8 Å². The Morgan fingerprint density at radius 3 is 2.47 bits per heavy atom. The zero-order valence-corrected chi connectivity index (χ0v) is 8.88. The molecule has 0 saturated heterocycles. The molecule has 0 radical (unpaired) electrons. The van der Waals surface area contributed by atoms with E-state index in [1.54, 1.807) is 6.07 Å². The molecule has 0 saturated carbocycles. The zero-order valence-electron chi connectivity index (χ0n) is 8.88. The van der Waals surface area contributed by atoms with Gasteiger partial charge in [0, 0.05) is 0 Å². The summed E-state index contributed by atoms with van der Waals surface area (Å²) in [5, 5.41) is 0. The van der Waals surface area contributed by atoms with Crippen molar-refractivity contribution in [2.75, 3.05) is 0 Å². The van der Waals surface area contributed by atoms with Gasteiger partial charge in [-0.3, -0.25) is 0 Å². The number of halogens is 3. The minimum Gasteiger partial charge on any atom is -0.383 e. The van der Waals surface area contributed by atoms with Gasteiger partial charge in [-0.1, -0.05) is 19.1 Å². The van der Waals surface area contributed by atoms with E-state index in [1.165, 1.54) is 18.2 Å². The minimum absolute atomic E-state index is 0.0815. The summed E-state index contributed by atoms with van der Waals surface area (Å²) in [5.74, 6) is -3.81. The zero-order chi connectivity index (χ0) is 13.1. The Balaban J connectivity index is 2.80. The van der Waals surface area contributed by atoms with Gasteiger partial charge in [-0.15, -0.1) is 0 Å². The third-order valence-electron chi connectivity index (χ3n) is 1.99. The van der Waals surface area contributed by atoms with Crippen LogP contribution in [0, 0.1) is 0 Å². The molecule has 0 spiro atoms. The Bertz CT molecular complexity index is 438. The predicted octanol–water partition coefficient (Wildman–Crippen LogP) is 2.49. The van der Waals surface area contributed by atoms with Gasteiger partial charge in [0.2, 0.25) is 0 Å². The van der Waals surface area contributed by atoms with Crippen LogP contribution >= 0.6 is 0 Å². The van der Waals surface area contributed by atoms with Gasteiger partial charge in [-0.2, -0.15) is 13.2 Å². The molecular weight excluding hydrogens is 237 g/mol. The SMILES string of the molecule is CCc1cccc(C(=O)OC(=O)C(F)(F)F)c1. The van der Waals surface area contributed by atoms with Crippen molar-refractivity contribution in [3.8, 4) is 0 Å². The number of alkyl halides is 3. The van der Waals surface area contributed by atoms with Crippen LogP contribution in [0.4, 0.5) is 13.2 Å². The summed E-state index contributed by atoms with van der Waals surface area (Å²) in [4.78, 5) is 21.7. The van der Waals surface area contributed by atoms with E-state index in [4.69, 9.17) is 0 Å². The number of ether oxygens (including phenoxy) is 1. The summed E-state index contributed by atoms with van der Waals surface area (Å²) >= 11 is 0. The summed E-state index contributed by atoms with van der Waals surface area (Å²) in [7, 11) is 0. The Morgan fingerprint density at radius 2 is 1.94 bits per heavy atom. The molecule has 0 aromatic heterocycles. The van der Waals surface area contributed by atoms with Gasteiger partial charge in [0.25, 0.3) is 0 Å². The van der Waals surface area contributed by atoms with Crippen LogP contribution in [0.5, 0.6) is 0 Å². The normalized spacial score (nSPS) is 11.1. The maximum Gasteiger partial charge on any atom is 0.491 e. The molecule has 0 unspecified atom stereocenters. The third-order valence-corrected chi connectivity index (χ3v) is 1.99. The molecule has 1 aromatic carbocycles. The summed E-state index contributed by atoms with van der Waals surface area (Å²) in [5.41, 5.74) is 0.681. The van der Waals surface area contributed by atoms with Crippen LogP contribution in [0.15, 0.2) is 24.3 Å². The molecule has 0 aliphatic rings. The number of esters is 2. The molecular formula is C11H9F3O3. The second-order valence-corrected chi connectivity index (χ2v) is 3.23. The lowest BCUT2D eigenvalue weighted by Crippen LogP contribution is -2.28. The van der Waals surface area contributed by atoms with Crippen LogP contribution in [-0.2, 0) is 16.0 Å². The van der Waals surface area contributed by atoms with Crippen molar-refractivity contribution in [3.05, 3.63) is 35.4 Å². The first-order valence-electron chi connectivity index (χ1n) is 4.77. The third kappa shape index (κ3) is 3.58. The quantitative estimate of drug-likeness (QED) is 0.594. The standard InChI is InChI=1S/C11H9F3O3/c1-2-7-4-3-5-8(6-7)9(15)17-10(16)11(12,13)14/h3-6H,2H2,1H3. The lowest BCUT2D eigenvalue weighted by molar-refractivity contribution is -0.193. The average molecular weight is 246 g/mol. The number of hydrogen-bond acceptors (Lipinski definition) is 3. The Hall–Kier alpha value is -1.85. The molecule has 0 atom stereocenters. The average Bonchev–Trinajstić information content (AvgIpc) is 2.27. The monoisotopic (exact) mass is 246 g/mol. The van der Waals surface area contributed by atoms with E-state index in [9.17, 15) is 22.8 Å². The highest BCUT2D eigenvalue weighted by molar-refractivity contribution is 5.98. The molecule has 0 N–H and O–H groups in total. The molecule has 0 fully saturated rings. The Labute approximate surface area is 95.2 Å². The Morgan fingerprint density at radius 1 is 1.29 bits per heavy atom. The lowest BCUT2D eigenvalue weighted by Gasteiger charge is -2.06. The van der Waals surface area contributed by atoms with Crippen molar-refractivity contribution in [2.45, 2.75) is 19.5 Å². The van der Waals surface area contributed by atoms with Crippen molar-refractivity contribution >= 4 is 11.9 Å². The minimum atomic E-state index is -5.17. The first-order valence-corrected chi connectivity index (χ1v) is 4.77. The van der Waals surface area contributed by atoms with E-state index in [-0.39, 0.29) is 5.56 Å². The fourth-order valence-electron chi connectivity index (χ4n) is 1.12. The fourth-order valence-corrected chi connectivity index (χ4v) is 1.12. The van der Waals surface area contributed by atoms with E-state index < -0.39 is 18.1 Å². The van der Waals surface area contributed by atoms with Gasteiger partial charge in [0.15, 0.2) is 0 Å². The van der Waals surface area contributed by atoms with Crippen LogP contribution in [0.2, 0.25) is 0 Å². The molecule has 0 aliphatic carbocycles. The molecule has 17 heavy (non-hydrogen) atoms. The molecule has 3 nitrogen and oxygen atoms in total. The maximum absolute atomic E-state index is 11.8. The van der Waals surface area contributed by atoms with E-state index in [0.29, 0.717) is 6.42 Å². The first kappa shape index (κ1) is 13.2. The molecule has 92 valence electrons. The van der Waals surface area contributed by atoms with Crippen LogP contribution < -0.4 is 0 Å². The number of carbonyl (C=O) groups excluding carboxylic acids is 2. The number of benzene rings is 1. The summed E-state index contributed by atoms with van der Waals surface area (Å²) in [6.07, 6.45) is -4.55. The highest BCUT2D eigenvalue weighted by Gasteiger charge is 2.42. The van der Waals surface area contributed by atoms with Crippen LogP contribution in [0.3, 0.4) is 0 Å². The summed E-state index contributed by atoms with van der Waals surface area (Å²) in [6.45, 7) is 1.82. The second kappa shape index (κ2) is 4.99. The summed E-state index contributed by atoms with van der Waals surface area (Å²) in [6, 6.07) is 5.88. The maximum atomic E-state index is 11.8. The van der Waals surface area contributed by atoms with Crippen LogP contribution in [-0.4, -0.2) is 18.1 Å². The van der Waals surface area contributed by atoms with E-state index in [1.807, 2.05) is 6.92 Å². The van der Waals surface area contributed by atoms with E-state index in [0.717, 1.165) is 5.56 Å². The second-order valence-electron chi connectivity index (χ2n) is 3.23. The molecule has 0 amide bonds. The largest absolute Gasteiger partial charge is 0.491 e. The number of carbonyl (C=O) groups is 2. The van der Waals surface area contributed by atoms with Crippen molar-refractivity contribution < 1.29 is 27.5 Å². The van der Waals surface area contributed by atoms with Crippen LogP contribution in [0.25, 0.3) is 0 Å². The molecule has 1 aromatic rings. The predicted molar refractivity (Wildman–Crippen MR) is 52.3 cm³/mol. The molecule has 0 bridgehead atoms. The van der Waals surface area contributed by atoms with Gasteiger partial charge < -0.3 is 4.74 Å². The molecule has 6 heteroatoms. The van der Waals surface area contributed by atoms with Crippen molar-refractivity contribution in [1.82, 2.24) is 0 Å². The van der Waals surface area contributed by atoms with Crippen molar-refractivity contribution in [3.63, 3.8) is 0 Å².